The predicted molar refractivity (Wildman–Crippen MR) is 111 cm³/mol. The molecule has 0 aliphatic carbocycles. The van der Waals surface area contributed by atoms with Gasteiger partial charge in [-0.3, -0.25) is 0 Å². The molecule has 142 valence electrons. The standard InChI is InChI=1S/C24H28O3/c1-16(2)10-12-19-18(13-11-17-8-6-5-7-9-17)20-14-23(24(3,4)26)27-22(20)15-21(19)25/h5-11,13,15,23,25-26H,12,14H2,1-4H3/b13-11-. The minimum atomic E-state index is -0.949. The predicted octanol–water partition coefficient (Wildman–Crippen LogP) is 5.15. The van der Waals surface area contributed by atoms with Gasteiger partial charge in [-0.05, 0) is 45.2 Å². The van der Waals surface area contributed by atoms with E-state index in [-0.39, 0.29) is 11.9 Å². The van der Waals surface area contributed by atoms with Gasteiger partial charge >= 0.3 is 0 Å². The SMILES string of the molecule is CC(C)=CCc1c(O)cc2c(c1/C=C\c1ccccc1)CC(C(C)(C)O)O2. The Balaban J connectivity index is 2.07. The van der Waals surface area contributed by atoms with Crippen molar-refractivity contribution in [1.29, 1.82) is 0 Å². The summed E-state index contributed by atoms with van der Waals surface area (Å²) in [4.78, 5) is 0. The maximum absolute atomic E-state index is 10.6. The molecule has 0 amide bonds. The molecule has 0 aromatic heterocycles. The summed E-state index contributed by atoms with van der Waals surface area (Å²) in [5.41, 5.74) is 4.28. The first-order valence-corrected chi connectivity index (χ1v) is 9.39. The summed E-state index contributed by atoms with van der Waals surface area (Å²) in [5, 5.41) is 21.0. The molecule has 1 atom stereocenters. The van der Waals surface area contributed by atoms with Crippen molar-refractivity contribution in [3.05, 3.63) is 70.3 Å². The highest BCUT2D eigenvalue weighted by molar-refractivity contribution is 5.76. The van der Waals surface area contributed by atoms with E-state index in [9.17, 15) is 10.2 Å². The number of fused-ring (bicyclic) bond motifs is 1. The summed E-state index contributed by atoms with van der Waals surface area (Å²) < 4.78 is 5.97. The van der Waals surface area contributed by atoms with Crippen LogP contribution < -0.4 is 4.74 Å². The number of allylic oxidation sites excluding steroid dienone is 2. The molecule has 27 heavy (non-hydrogen) atoms. The monoisotopic (exact) mass is 364 g/mol. The first-order chi connectivity index (χ1) is 12.8. The fourth-order valence-corrected chi connectivity index (χ4v) is 3.31. The topological polar surface area (TPSA) is 49.7 Å². The average Bonchev–Trinajstić information content (AvgIpc) is 3.03. The Kier molecular flexibility index (Phi) is 5.43. The summed E-state index contributed by atoms with van der Waals surface area (Å²) in [6.07, 6.45) is 7.18. The molecule has 1 aliphatic rings. The molecule has 0 saturated carbocycles. The van der Waals surface area contributed by atoms with E-state index in [0.717, 1.165) is 22.3 Å². The molecule has 3 heteroatoms. The second-order valence-corrected chi connectivity index (χ2v) is 7.96. The van der Waals surface area contributed by atoms with Gasteiger partial charge < -0.3 is 14.9 Å². The molecule has 3 rings (SSSR count). The summed E-state index contributed by atoms with van der Waals surface area (Å²) in [5.74, 6) is 0.892. The average molecular weight is 364 g/mol. The third-order valence-electron chi connectivity index (χ3n) is 4.93. The fourth-order valence-electron chi connectivity index (χ4n) is 3.31. The maximum atomic E-state index is 10.6. The number of aliphatic hydroxyl groups is 1. The second-order valence-electron chi connectivity index (χ2n) is 7.96. The van der Waals surface area contributed by atoms with Crippen LogP contribution in [0.15, 0.2) is 48.0 Å². The van der Waals surface area contributed by atoms with Crippen molar-refractivity contribution in [2.45, 2.75) is 52.2 Å². The molecule has 0 bridgehead atoms. The maximum Gasteiger partial charge on any atom is 0.131 e. The van der Waals surface area contributed by atoms with Gasteiger partial charge in [-0.15, -0.1) is 0 Å². The van der Waals surface area contributed by atoms with Gasteiger partial charge in [0.1, 0.15) is 17.6 Å². The van der Waals surface area contributed by atoms with Gasteiger partial charge in [0.25, 0.3) is 0 Å². The van der Waals surface area contributed by atoms with E-state index >= 15 is 0 Å². The lowest BCUT2D eigenvalue weighted by Crippen LogP contribution is -2.39. The minimum Gasteiger partial charge on any atom is -0.507 e. The Hall–Kier alpha value is -2.52. The van der Waals surface area contributed by atoms with Gasteiger partial charge in [0.15, 0.2) is 0 Å². The van der Waals surface area contributed by atoms with Crippen molar-refractivity contribution in [2.75, 3.05) is 0 Å². The molecule has 1 aliphatic heterocycles. The van der Waals surface area contributed by atoms with E-state index in [2.05, 4.69) is 32.1 Å². The first kappa shape index (κ1) is 19.2. The zero-order chi connectivity index (χ0) is 19.6. The van der Waals surface area contributed by atoms with Gasteiger partial charge in [-0.2, -0.15) is 0 Å². The van der Waals surface area contributed by atoms with Crippen LogP contribution in [0.25, 0.3) is 12.2 Å². The molecule has 2 aromatic rings. The molecular weight excluding hydrogens is 336 g/mol. The van der Waals surface area contributed by atoms with Crippen molar-refractivity contribution in [1.82, 2.24) is 0 Å². The molecule has 1 heterocycles. The van der Waals surface area contributed by atoms with Crippen LogP contribution >= 0.6 is 0 Å². The Morgan fingerprint density at radius 3 is 2.52 bits per heavy atom. The zero-order valence-corrected chi connectivity index (χ0v) is 16.5. The minimum absolute atomic E-state index is 0.232. The molecule has 3 nitrogen and oxygen atoms in total. The zero-order valence-electron chi connectivity index (χ0n) is 16.5. The van der Waals surface area contributed by atoms with Crippen LogP contribution in [0, 0.1) is 0 Å². The largest absolute Gasteiger partial charge is 0.507 e. The van der Waals surface area contributed by atoms with Crippen LogP contribution in [0.1, 0.15) is 49.9 Å². The number of aromatic hydroxyl groups is 1. The van der Waals surface area contributed by atoms with Crippen molar-refractivity contribution in [2.24, 2.45) is 0 Å². The third kappa shape index (κ3) is 4.42. The van der Waals surface area contributed by atoms with Gasteiger partial charge in [0, 0.05) is 23.6 Å². The number of phenols is 1. The molecule has 2 aromatic carbocycles. The number of benzene rings is 2. The highest BCUT2D eigenvalue weighted by Crippen LogP contribution is 2.42. The lowest BCUT2D eigenvalue weighted by atomic mass is 9.90. The fraction of sp³-hybridized carbons (Fsp3) is 0.333. The van der Waals surface area contributed by atoms with E-state index < -0.39 is 5.60 Å². The lowest BCUT2D eigenvalue weighted by Gasteiger charge is -2.24. The second kappa shape index (κ2) is 7.61. The van der Waals surface area contributed by atoms with E-state index in [0.29, 0.717) is 18.6 Å². The summed E-state index contributed by atoms with van der Waals surface area (Å²) in [6, 6.07) is 11.8. The molecule has 0 fully saturated rings. The van der Waals surface area contributed by atoms with Gasteiger partial charge in [-0.1, -0.05) is 54.1 Å². The number of phenolic OH excluding ortho intramolecular Hbond substituents is 1. The van der Waals surface area contributed by atoms with Gasteiger partial charge in [0.2, 0.25) is 0 Å². The van der Waals surface area contributed by atoms with Crippen molar-refractivity contribution < 1.29 is 14.9 Å². The number of hydrogen-bond acceptors (Lipinski definition) is 3. The number of ether oxygens (including phenoxy) is 1. The Bertz CT molecular complexity index is 867. The number of rotatable bonds is 5. The third-order valence-corrected chi connectivity index (χ3v) is 4.93. The summed E-state index contributed by atoms with van der Waals surface area (Å²) in [6.45, 7) is 7.62. The van der Waals surface area contributed by atoms with Crippen LogP contribution in [-0.4, -0.2) is 21.9 Å². The first-order valence-electron chi connectivity index (χ1n) is 9.39. The van der Waals surface area contributed by atoms with E-state index in [1.54, 1.807) is 19.9 Å². The van der Waals surface area contributed by atoms with E-state index in [1.807, 2.05) is 30.3 Å². The quantitative estimate of drug-likeness (QED) is 0.570. The van der Waals surface area contributed by atoms with Gasteiger partial charge in [-0.25, -0.2) is 0 Å². The van der Waals surface area contributed by atoms with Crippen LogP contribution in [0.4, 0.5) is 0 Å². The molecular formula is C24H28O3. The Morgan fingerprint density at radius 1 is 1.19 bits per heavy atom. The smallest absolute Gasteiger partial charge is 0.131 e. The number of hydrogen-bond donors (Lipinski definition) is 2. The van der Waals surface area contributed by atoms with Crippen molar-refractivity contribution >= 4 is 12.2 Å². The van der Waals surface area contributed by atoms with E-state index in [4.69, 9.17) is 4.74 Å². The van der Waals surface area contributed by atoms with Crippen LogP contribution in [0.5, 0.6) is 11.5 Å². The molecule has 0 spiro atoms. The van der Waals surface area contributed by atoms with Crippen LogP contribution in [0.3, 0.4) is 0 Å². The Morgan fingerprint density at radius 2 is 1.89 bits per heavy atom. The normalized spacial score (nSPS) is 16.3. The molecule has 0 saturated heterocycles. The highest BCUT2D eigenvalue weighted by atomic mass is 16.5. The molecule has 1 unspecified atom stereocenters. The highest BCUT2D eigenvalue weighted by Gasteiger charge is 2.36. The van der Waals surface area contributed by atoms with Crippen LogP contribution in [0.2, 0.25) is 0 Å². The van der Waals surface area contributed by atoms with Crippen molar-refractivity contribution in [3.8, 4) is 11.5 Å². The Labute approximate surface area is 161 Å². The molecule has 2 N–H and O–H groups in total. The lowest BCUT2D eigenvalue weighted by molar-refractivity contribution is -0.0230. The van der Waals surface area contributed by atoms with Crippen LogP contribution in [-0.2, 0) is 12.8 Å². The van der Waals surface area contributed by atoms with Gasteiger partial charge in [0.05, 0.1) is 5.60 Å². The summed E-state index contributed by atoms with van der Waals surface area (Å²) in [7, 11) is 0. The molecule has 0 radical (unpaired) electrons. The van der Waals surface area contributed by atoms with E-state index in [1.165, 1.54) is 5.57 Å². The van der Waals surface area contributed by atoms with Crippen molar-refractivity contribution in [3.63, 3.8) is 0 Å². The summed E-state index contributed by atoms with van der Waals surface area (Å²) >= 11 is 0.